The number of carbonyl (C=O) groups excluding carboxylic acids is 1. The first-order chi connectivity index (χ1) is 8.22. The summed E-state index contributed by atoms with van der Waals surface area (Å²) in [5.74, 6) is 0.260. The molecule has 0 aliphatic carbocycles. The monoisotopic (exact) mass is 234 g/mol. The normalized spacial score (nSPS) is 17.3. The first-order valence-electron chi connectivity index (χ1n) is 6.06. The van der Waals surface area contributed by atoms with Crippen molar-refractivity contribution in [1.29, 1.82) is 0 Å². The Hall–Kier alpha value is -1.42. The third-order valence-electron chi connectivity index (χ3n) is 3.17. The molecule has 4 nitrogen and oxygen atoms in total. The number of nitrogens with zero attached hydrogens (tertiary/aromatic N) is 1. The molecule has 1 amide bonds. The van der Waals surface area contributed by atoms with Gasteiger partial charge in [0, 0.05) is 6.20 Å². The molecule has 1 N–H and O–H groups in total. The van der Waals surface area contributed by atoms with Gasteiger partial charge in [-0.15, -0.1) is 0 Å². The van der Waals surface area contributed by atoms with Crippen LogP contribution in [0.15, 0.2) is 18.3 Å². The van der Waals surface area contributed by atoms with E-state index in [0.717, 1.165) is 12.0 Å². The first-order valence-corrected chi connectivity index (χ1v) is 6.06. The average molecular weight is 234 g/mol. The van der Waals surface area contributed by atoms with Gasteiger partial charge in [0.15, 0.2) is 0 Å². The fraction of sp³-hybridized carbons (Fsp3) is 0.538. The van der Waals surface area contributed by atoms with Gasteiger partial charge >= 0.3 is 0 Å². The van der Waals surface area contributed by atoms with Crippen molar-refractivity contribution in [2.75, 3.05) is 13.2 Å². The molecule has 1 aromatic heterocycles. The molecule has 1 atom stereocenters. The molecule has 0 saturated carbocycles. The zero-order valence-electron chi connectivity index (χ0n) is 10.3. The zero-order chi connectivity index (χ0) is 12.3. The Morgan fingerprint density at radius 2 is 2.41 bits per heavy atom. The second-order valence-corrected chi connectivity index (χ2v) is 4.46. The molecule has 92 valence electrons. The second-order valence-electron chi connectivity index (χ2n) is 4.46. The highest BCUT2D eigenvalue weighted by Crippen LogP contribution is 2.21. The molecule has 1 unspecified atom stereocenters. The molecule has 0 aromatic carbocycles. The van der Waals surface area contributed by atoms with Crippen molar-refractivity contribution in [3.8, 4) is 0 Å². The number of aromatic nitrogens is 1. The van der Waals surface area contributed by atoms with Crippen LogP contribution in [0.4, 0.5) is 0 Å². The van der Waals surface area contributed by atoms with E-state index in [0.29, 0.717) is 24.8 Å². The maximum Gasteiger partial charge on any atom is 0.270 e. The van der Waals surface area contributed by atoms with E-state index in [1.54, 1.807) is 6.20 Å². The molecule has 2 heterocycles. The highest BCUT2D eigenvalue weighted by Gasteiger charge is 2.23. The van der Waals surface area contributed by atoms with E-state index < -0.39 is 0 Å². The van der Waals surface area contributed by atoms with Crippen molar-refractivity contribution < 1.29 is 9.53 Å². The highest BCUT2D eigenvalue weighted by molar-refractivity contribution is 5.94. The minimum absolute atomic E-state index is 0.0887. The predicted octanol–water partition coefficient (Wildman–Crippen LogP) is 1.72. The lowest BCUT2D eigenvalue weighted by atomic mass is 9.96. The van der Waals surface area contributed by atoms with Crippen molar-refractivity contribution in [3.63, 3.8) is 0 Å². The summed E-state index contributed by atoms with van der Waals surface area (Å²) in [6.07, 6.45) is 2.66. The van der Waals surface area contributed by atoms with Crippen LogP contribution in [0.2, 0.25) is 0 Å². The molecule has 1 saturated heterocycles. The lowest BCUT2D eigenvalue weighted by molar-refractivity contribution is -0.00357. The largest absolute Gasteiger partial charge is 0.377 e. The fourth-order valence-electron chi connectivity index (χ4n) is 1.80. The number of rotatable bonds is 4. The van der Waals surface area contributed by atoms with Crippen LogP contribution in [0.5, 0.6) is 0 Å². The van der Waals surface area contributed by atoms with Crippen molar-refractivity contribution in [1.82, 2.24) is 10.3 Å². The Labute approximate surface area is 101 Å². The van der Waals surface area contributed by atoms with Crippen LogP contribution in [-0.2, 0) is 4.74 Å². The summed E-state index contributed by atoms with van der Waals surface area (Å²) >= 11 is 0. The van der Waals surface area contributed by atoms with Gasteiger partial charge < -0.3 is 10.1 Å². The van der Waals surface area contributed by atoms with E-state index in [9.17, 15) is 4.79 Å². The maximum absolute atomic E-state index is 12.1. The van der Waals surface area contributed by atoms with Gasteiger partial charge in [-0.3, -0.25) is 9.78 Å². The van der Waals surface area contributed by atoms with Gasteiger partial charge in [-0.05, 0) is 24.0 Å². The van der Waals surface area contributed by atoms with E-state index in [1.807, 2.05) is 12.1 Å². The molecular weight excluding hydrogens is 216 g/mol. The second kappa shape index (κ2) is 5.27. The van der Waals surface area contributed by atoms with E-state index >= 15 is 0 Å². The topological polar surface area (TPSA) is 51.2 Å². The van der Waals surface area contributed by atoms with Crippen LogP contribution >= 0.6 is 0 Å². The highest BCUT2D eigenvalue weighted by atomic mass is 16.5. The molecule has 1 aliphatic heterocycles. The lowest BCUT2D eigenvalue weighted by Crippen LogP contribution is -2.48. The van der Waals surface area contributed by atoms with Crippen LogP contribution in [-0.4, -0.2) is 30.1 Å². The van der Waals surface area contributed by atoms with E-state index in [4.69, 9.17) is 4.74 Å². The summed E-state index contributed by atoms with van der Waals surface area (Å²) in [7, 11) is 0. The van der Waals surface area contributed by atoms with Crippen molar-refractivity contribution >= 4 is 5.91 Å². The van der Waals surface area contributed by atoms with Gasteiger partial charge in [-0.2, -0.15) is 0 Å². The third kappa shape index (κ3) is 2.64. The Kier molecular flexibility index (Phi) is 3.74. The van der Waals surface area contributed by atoms with Gasteiger partial charge in [0.25, 0.3) is 5.91 Å². The summed E-state index contributed by atoms with van der Waals surface area (Å²) in [6.45, 7) is 5.44. The molecule has 0 spiro atoms. The van der Waals surface area contributed by atoms with E-state index in [1.165, 1.54) is 0 Å². The number of pyridine rings is 1. The number of amides is 1. The Balaban J connectivity index is 2.15. The minimum atomic E-state index is -0.0887. The quantitative estimate of drug-likeness (QED) is 0.863. The van der Waals surface area contributed by atoms with Crippen LogP contribution < -0.4 is 5.32 Å². The van der Waals surface area contributed by atoms with E-state index in [-0.39, 0.29) is 11.9 Å². The van der Waals surface area contributed by atoms with Crippen molar-refractivity contribution in [3.05, 3.63) is 29.6 Å². The Morgan fingerprint density at radius 3 is 3.00 bits per heavy atom. The van der Waals surface area contributed by atoms with Crippen molar-refractivity contribution in [2.24, 2.45) is 0 Å². The van der Waals surface area contributed by atoms with E-state index in [2.05, 4.69) is 24.1 Å². The van der Waals surface area contributed by atoms with Gasteiger partial charge in [-0.25, -0.2) is 0 Å². The molecule has 17 heavy (non-hydrogen) atoms. The summed E-state index contributed by atoms with van der Waals surface area (Å²) in [4.78, 5) is 16.3. The molecule has 1 fully saturated rings. The molecule has 4 heteroatoms. The van der Waals surface area contributed by atoms with Gasteiger partial charge in [0.05, 0.1) is 19.3 Å². The predicted molar refractivity (Wildman–Crippen MR) is 65.0 cm³/mol. The fourth-order valence-corrected chi connectivity index (χ4v) is 1.80. The first kappa shape index (κ1) is 12.0. The minimum Gasteiger partial charge on any atom is -0.377 e. The van der Waals surface area contributed by atoms with Crippen molar-refractivity contribution in [2.45, 2.75) is 32.2 Å². The molecular formula is C13H18N2O2. The standard InChI is InChI=1S/C13H18N2O2/c1-3-9(2)11-5-4-6-14-12(11)13(16)15-10-7-17-8-10/h4-6,9-10H,3,7-8H2,1-2H3,(H,15,16). The van der Waals surface area contributed by atoms with Crippen LogP contribution in [0, 0.1) is 0 Å². The zero-order valence-corrected chi connectivity index (χ0v) is 10.3. The molecule has 2 rings (SSSR count). The number of hydrogen-bond donors (Lipinski definition) is 1. The molecule has 1 aromatic rings. The van der Waals surface area contributed by atoms with Crippen LogP contribution in [0.25, 0.3) is 0 Å². The average Bonchev–Trinajstić information content (AvgIpc) is 2.32. The van der Waals surface area contributed by atoms with Gasteiger partial charge in [0.2, 0.25) is 0 Å². The van der Waals surface area contributed by atoms with Gasteiger partial charge in [-0.1, -0.05) is 19.9 Å². The number of ether oxygens (including phenoxy) is 1. The number of nitrogens with one attached hydrogen (secondary N) is 1. The van der Waals surface area contributed by atoms with Crippen LogP contribution in [0.3, 0.4) is 0 Å². The third-order valence-corrected chi connectivity index (χ3v) is 3.17. The smallest absolute Gasteiger partial charge is 0.270 e. The maximum atomic E-state index is 12.1. The lowest BCUT2D eigenvalue weighted by Gasteiger charge is -2.27. The molecule has 0 radical (unpaired) electrons. The summed E-state index contributed by atoms with van der Waals surface area (Å²) in [5, 5.41) is 2.93. The summed E-state index contributed by atoms with van der Waals surface area (Å²) in [6, 6.07) is 4.01. The number of carbonyl (C=O) groups is 1. The summed E-state index contributed by atoms with van der Waals surface area (Å²) < 4.78 is 5.04. The Morgan fingerprint density at radius 1 is 1.65 bits per heavy atom. The SMILES string of the molecule is CCC(C)c1cccnc1C(=O)NC1COC1. The summed E-state index contributed by atoms with van der Waals surface area (Å²) in [5.41, 5.74) is 1.57. The Bertz CT molecular complexity index is 402. The van der Waals surface area contributed by atoms with Crippen LogP contribution in [0.1, 0.15) is 42.2 Å². The number of hydrogen-bond acceptors (Lipinski definition) is 3. The molecule has 1 aliphatic rings. The molecule has 0 bridgehead atoms. The van der Waals surface area contributed by atoms with Gasteiger partial charge in [0.1, 0.15) is 5.69 Å².